The fraction of sp³-hybridized carbons (Fsp3) is 0.310. The van der Waals surface area contributed by atoms with Gasteiger partial charge in [-0.1, -0.05) is 48.4 Å². The summed E-state index contributed by atoms with van der Waals surface area (Å²) in [7, 11) is 0. The minimum absolute atomic E-state index is 0.00831. The molecule has 3 aromatic carbocycles. The third-order valence-electron chi connectivity index (χ3n) is 7.43. The van der Waals surface area contributed by atoms with E-state index in [0.29, 0.717) is 11.6 Å². The Hall–Kier alpha value is -2.67. The van der Waals surface area contributed by atoms with Crippen molar-refractivity contribution in [2.45, 2.75) is 45.2 Å². The molecule has 6 rings (SSSR count). The number of aromatic nitrogens is 1. The molecule has 0 amide bonds. The van der Waals surface area contributed by atoms with Crippen LogP contribution in [0.1, 0.15) is 47.7 Å². The summed E-state index contributed by atoms with van der Waals surface area (Å²) in [6.45, 7) is 3.88. The Kier molecular flexibility index (Phi) is 6.13. The largest absolute Gasteiger partial charge is 0.392 e. The second kappa shape index (κ2) is 9.41. The molecule has 2 aliphatic heterocycles. The lowest BCUT2D eigenvalue weighted by atomic mass is 9.93. The number of benzene rings is 3. The van der Waals surface area contributed by atoms with E-state index in [0.717, 1.165) is 51.1 Å². The highest BCUT2D eigenvalue weighted by molar-refractivity contribution is 6.34. The van der Waals surface area contributed by atoms with Crippen molar-refractivity contribution in [3.05, 3.63) is 81.9 Å². The fourth-order valence-corrected chi connectivity index (χ4v) is 5.87. The van der Waals surface area contributed by atoms with Crippen LogP contribution in [0.15, 0.2) is 54.6 Å². The molecule has 1 unspecified atom stereocenters. The van der Waals surface area contributed by atoms with Gasteiger partial charge in [-0.25, -0.2) is 0 Å². The van der Waals surface area contributed by atoms with Gasteiger partial charge in [-0.2, -0.15) is 0 Å². The standard InChI is InChI=1S/C29H30ClN3O2/c30-28-22(20-7-4-18(17-34)5-8-20)14-23(27-24(28)15-31-29(27)35)26-13-21-12-19(6-9-25(21)32-26)16-33-10-2-1-3-11-33/h4-9,12-14,29,31-32,34-35H,1-3,10-11,15-17H2. The van der Waals surface area contributed by atoms with Gasteiger partial charge in [0.1, 0.15) is 6.23 Å². The number of fused-ring (bicyclic) bond motifs is 2. The maximum atomic E-state index is 10.8. The highest BCUT2D eigenvalue weighted by Gasteiger charge is 2.29. The topological polar surface area (TPSA) is 71.5 Å². The van der Waals surface area contributed by atoms with Gasteiger partial charge in [0.05, 0.1) is 11.6 Å². The van der Waals surface area contributed by atoms with E-state index in [1.54, 1.807) is 0 Å². The van der Waals surface area contributed by atoms with Crippen LogP contribution in [0, 0.1) is 0 Å². The van der Waals surface area contributed by atoms with E-state index < -0.39 is 6.23 Å². The second-order valence-corrected chi connectivity index (χ2v) is 10.1. The Morgan fingerprint density at radius 2 is 1.69 bits per heavy atom. The zero-order chi connectivity index (χ0) is 23.9. The molecular weight excluding hydrogens is 458 g/mol. The molecule has 6 heteroatoms. The molecule has 35 heavy (non-hydrogen) atoms. The molecule has 1 saturated heterocycles. The monoisotopic (exact) mass is 487 g/mol. The lowest BCUT2D eigenvalue weighted by Gasteiger charge is -2.26. The summed E-state index contributed by atoms with van der Waals surface area (Å²) in [6, 6.07) is 18.7. The summed E-state index contributed by atoms with van der Waals surface area (Å²) in [4.78, 5) is 6.12. The van der Waals surface area contributed by atoms with Crippen molar-refractivity contribution in [1.82, 2.24) is 15.2 Å². The molecule has 1 fully saturated rings. The van der Waals surface area contributed by atoms with E-state index in [1.165, 1.54) is 43.3 Å². The predicted octanol–water partition coefficient (Wildman–Crippen LogP) is 5.73. The Balaban J connectivity index is 1.42. The molecule has 180 valence electrons. The Bertz CT molecular complexity index is 1370. The van der Waals surface area contributed by atoms with Crippen molar-refractivity contribution in [3.63, 3.8) is 0 Å². The normalized spacial score (nSPS) is 18.3. The van der Waals surface area contributed by atoms with Gasteiger partial charge in [-0.15, -0.1) is 0 Å². The summed E-state index contributed by atoms with van der Waals surface area (Å²) in [5.41, 5.74) is 8.88. The quantitative estimate of drug-likeness (QED) is 0.290. The number of nitrogens with one attached hydrogen (secondary N) is 2. The predicted molar refractivity (Wildman–Crippen MR) is 141 cm³/mol. The number of nitrogens with zero attached hydrogens (tertiary/aromatic N) is 1. The summed E-state index contributed by atoms with van der Waals surface area (Å²) >= 11 is 6.86. The number of hydrogen-bond acceptors (Lipinski definition) is 4. The third-order valence-corrected chi connectivity index (χ3v) is 7.86. The minimum Gasteiger partial charge on any atom is -0.392 e. The van der Waals surface area contributed by atoms with E-state index in [-0.39, 0.29) is 6.61 Å². The van der Waals surface area contributed by atoms with Crippen LogP contribution in [0.5, 0.6) is 0 Å². The molecule has 0 saturated carbocycles. The van der Waals surface area contributed by atoms with Crippen molar-refractivity contribution >= 4 is 22.5 Å². The highest BCUT2D eigenvalue weighted by Crippen LogP contribution is 2.44. The lowest BCUT2D eigenvalue weighted by Crippen LogP contribution is -2.28. The maximum absolute atomic E-state index is 10.8. The van der Waals surface area contributed by atoms with Crippen LogP contribution in [0.4, 0.5) is 0 Å². The highest BCUT2D eigenvalue weighted by atomic mass is 35.5. The lowest BCUT2D eigenvalue weighted by molar-refractivity contribution is 0.152. The van der Waals surface area contributed by atoms with E-state index >= 15 is 0 Å². The molecule has 2 aliphatic rings. The van der Waals surface area contributed by atoms with Crippen LogP contribution in [-0.2, 0) is 19.7 Å². The van der Waals surface area contributed by atoms with Crippen molar-refractivity contribution < 1.29 is 10.2 Å². The summed E-state index contributed by atoms with van der Waals surface area (Å²) < 4.78 is 0. The minimum atomic E-state index is -0.760. The first-order valence-electron chi connectivity index (χ1n) is 12.4. The van der Waals surface area contributed by atoms with E-state index in [1.807, 2.05) is 24.3 Å². The Morgan fingerprint density at radius 1 is 0.914 bits per heavy atom. The Labute approximate surface area is 210 Å². The van der Waals surface area contributed by atoms with Crippen molar-refractivity contribution in [2.24, 2.45) is 0 Å². The van der Waals surface area contributed by atoms with E-state index in [4.69, 9.17) is 11.6 Å². The number of H-pyrrole nitrogens is 1. The number of hydrogen-bond donors (Lipinski definition) is 4. The smallest absolute Gasteiger partial charge is 0.132 e. The molecule has 1 aromatic heterocycles. The van der Waals surface area contributed by atoms with Crippen molar-refractivity contribution in [2.75, 3.05) is 13.1 Å². The van der Waals surface area contributed by atoms with Gasteiger partial charge >= 0.3 is 0 Å². The number of likely N-dealkylation sites (tertiary alicyclic amines) is 1. The van der Waals surface area contributed by atoms with Crippen LogP contribution in [0.2, 0.25) is 5.02 Å². The molecule has 3 heterocycles. The van der Waals surface area contributed by atoms with E-state index in [9.17, 15) is 10.2 Å². The molecule has 0 bridgehead atoms. The van der Waals surface area contributed by atoms with Crippen molar-refractivity contribution in [1.29, 1.82) is 0 Å². The first-order valence-corrected chi connectivity index (χ1v) is 12.8. The molecule has 4 N–H and O–H groups in total. The molecule has 1 atom stereocenters. The SMILES string of the molecule is OCc1ccc(-c2cc(-c3cc4cc(CN5CCCCC5)ccc4[nH]3)c3c(c2Cl)CNC3O)cc1. The van der Waals surface area contributed by atoms with Gasteiger partial charge in [0.2, 0.25) is 0 Å². The second-order valence-electron chi connectivity index (χ2n) is 9.76. The average molecular weight is 488 g/mol. The molecule has 0 aliphatic carbocycles. The van der Waals surface area contributed by atoms with Crippen LogP contribution in [0.25, 0.3) is 33.3 Å². The van der Waals surface area contributed by atoms with Crippen LogP contribution in [-0.4, -0.2) is 33.2 Å². The molecule has 5 nitrogen and oxygen atoms in total. The summed E-state index contributed by atoms with van der Waals surface area (Å²) in [5, 5.41) is 25.1. The fourth-order valence-electron chi connectivity index (χ4n) is 5.54. The number of piperidine rings is 1. The number of halogens is 1. The van der Waals surface area contributed by atoms with Crippen LogP contribution < -0.4 is 5.32 Å². The molecule has 4 aromatic rings. The van der Waals surface area contributed by atoms with E-state index in [2.05, 4.69) is 45.5 Å². The first-order chi connectivity index (χ1) is 17.1. The zero-order valence-electron chi connectivity index (χ0n) is 19.6. The Morgan fingerprint density at radius 3 is 2.46 bits per heavy atom. The zero-order valence-corrected chi connectivity index (χ0v) is 20.4. The van der Waals surface area contributed by atoms with Crippen molar-refractivity contribution in [3.8, 4) is 22.4 Å². The molecule has 0 spiro atoms. The van der Waals surface area contributed by atoms with Gasteiger partial charge in [0, 0.05) is 46.4 Å². The van der Waals surface area contributed by atoms with Gasteiger partial charge in [0.25, 0.3) is 0 Å². The number of aliphatic hydroxyl groups is 2. The first kappa shape index (κ1) is 22.8. The molecule has 0 radical (unpaired) electrons. The van der Waals surface area contributed by atoms with Gasteiger partial charge in [0.15, 0.2) is 0 Å². The summed E-state index contributed by atoms with van der Waals surface area (Å²) in [5.74, 6) is 0. The third kappa shape index (κ3) is 4.28. The van der Waals surface area contributed by atoms with Gasteiger partial charge < -0.3 is 15.2 Å². The average Bonchev–Trinajstić information content (AvgIpc) is 3.49. The van der Waals surface area contributed by atoms with Gasteiger partial charge in [-0.05, 0) is 72.5 Å². The summed E-state index contributed by atoms with van der Waals surface area (Å²) in [6.07, 6.45) is 3.17. The number of aliphatic hydroxyl groups excluding tert-OH is 2. The van der Waals surface area contributed by atoms with Crippen LogP contribution >= 0.6 is 11.6 Å². The number of rotatable bonds is 5. The number of aromatic amines is 1. The van der Waals surface area contributed by atoms with Gasteiger partial charge in [-0.3, -0.25) is 10.2 Å². The maximum Gasteiger partial charge on any atom is 0.132 e. The van der Waals surface area contributed by atoms with Crippen LogP contribution in [0.3, 0.4) is 0 Å². The molecular formula is C29H30ClN3O2.